The van der Waals surface area contributed by atoms with E-state index in [0.717, 1.165) is 18.6 Å². The average molecular weight is 262 g/mol. The topological polar surface area (TPSA) is 48.7 Å². The van der Waals surface area contributed by atoms with E-state index in [2.05, 4.69) is 0 Å². The van der Waals surface area contributed by atoms with Crippen molar-refractivity contribution in [3.63, 3.8) is 0 Å². The summed E-state index contributed by atoms with van der Waals surface area (Å²) in [5.74, 6) is 1.16. The number of hydrogen-bond donors (Lipinski definition) is 0. The molecule has 2 fully saturated rings. The Labute approximate surface area is 113 Å². The summed E-state index contributed by atoms with van der Waals surface area (Å²) >= 11 is 0. The van der Waals surface area contributed by atoms with Gasteiger partial charge in [0.05, 0.1) is 11.2 Å². The smallest absolute Gasteiger partial charge is 0.469 e. The highest BCUT2D eigenvalue weighted by Crippen LogP contribution is 2.40. The number of rotatable bonds is 2. The van der Waals surface area contributed by atoms with Crippen molar-refractivity contribution in [3.8, 4) is 0 Å². The van der Waals surface area contributed by atoms with Gasteiger partial charge in [-0.15, -0.1) is 0 Å². The van der Waals surface area contributed by atoms with Gasteiger partial charge in [0.25, 0.3) is 0 Å². The van der Waals surface area contributed by atoms with Crippen LogP contribution in [-0.4, -0.2) is 18.3 Å². The molecule has 2 aliphatic rings. The Kier molecular flexibility index (Phi) is 2.70. The van der Waals surface area contributed by atoms with Gasteiger partial charge in [0, 0.05) is 18.1 Å². The second kappa shape index (κ2) is 3.96. The van der Waals surface area contributed by atoms with Gasteiger partial charge in [-0.05, 0) is 40.5 Å². The lowest BCUT2D eigenvalue weighted by molar-refractivity contribution is 0.00578. The van der Waals surface area contributed by atoms with E-state index in [9.17, 15) is 4.79 Å². The first-order valence-electron chi connectivity index (χ1n) is 6.79. The Morgan fingerprint density at radius 3 is 2.21 bits per heavy atom. The Morgan fingerprint density at radius 2 is 1.68 bits per heavy atom. The van der Waals surface area contributed by atoms with E-state index in [-0.39, 0.29) is 5.43 Å². The third-order valence-electron chi connectivity index (χ3n) is 4.27. The van der Waals surface area contributed by atoms with E-state index in [1.807, 2.05) is 27.7 Å². The molecular weight excluding hydrogens is 243 g/mol. The molecule has 0 radical (unpaired) electrons. The molecule has 0 N–H and O–H groups in total. The van der Waals surface area contributed by atoms with E-state index in [1.54, 1.807) is 6.07 Å². The monoisotopic (exact) mass is 262 g/mol. The molecule has 0 atom stereocenters. The maximum Gasteiger partial charge on any atom is 0.532 e. The predicted octanol–water partition coefficient (Wildman–Crippen LogP) is 1.82. The molecule has 102 valence electrons. The van der Waals surface area contributed by atoms with Crippen molar-refractivity contribution in [1.82, 2.24) is 0 Å². The highest BCUT2D eigenvalue weighted by Gasteiger charge is 2.53. The molecule has 19 heavy (non-hydrogen) atoms. The molecule has 0 amide bonds. The molecule has 0 bridgehead atoms. The minimum Gasteiger partial charge on any atom is -0.469 e. The summed E-state index contributed by atoms with van der Waals surface area (Å²) in [6.07, 6.45) is 2.19. The fourth-order valence-corrected chi connectivity index (χ4v) is 2.16. The standard InChI is InChI=1S/C14H19BO4/c1-13(2)14(3,4)19-15(18-13)12-8-10(16)7-11(17-12)9-5-6-9/h7-9H,5-6H2,1-4H3. The van der Waals surface area contributed by atoms with Gasteiger partial charge in [-0.25, -0.2) is 0 Å². The van der Waals surface area contributed by atoms with Crippen molar-refractivity contribution in [2.75, 3.05) is 0 Å². The molecule has 0 spiro atoms. The molecule has 1 aliphatic heterocycles. The van der Waals surface area contributed by atoms with Gasteiger partial charge in [-0.2, -0.15) is 0 Å². The summed E-state index contributed by atoms with van der Waals surface area (Å²) < 4.78 is 17.6. The third kappa shape index (κ3) is 2.25. The molecule has 1 aromatic heterocycles. The first kappa shape index (κ1) is 12.9. The zero-order valence-corrected chi connectivity index (χ0v) is 11.9. The molecule has 0 unspecified atom stereocenters. The summed E-state index contributed by atoms with van der Waals surface area (Å²) in [6.45, 7) is 7.93. The van der Waals surface area contributed by atoms with Crippen molar-refractivity contribution in [2.24, 2.45) is 0 Å². The van der Waals surface area contributed by atoms with Crippen LogP contribution in [0.5, 0.6) is 0 Å². The molecule has 5 heteroatoms. The van der Waals surface area contributed by atoms with Crippen LogP contribution in [0.4, 0.5) is 0 Å². The van der Waals surface area contributed by atoms with Gasteiger partial charge in [-0.1, -0.05) is 0 Å². The fraction of sp³-hybridized carbons (Fsp3) is 0.643. The zero-order chi connectivity index (χ0) is 13.8. The highest BCUT2D eigenvalue weighted by atomic mass is 16.7. The second-order valence-corrected chi connectivity index (χ2v) is 6.46. The van der Waals surface area contributed by atoms with Crippen LogP contribution in [0.15, 0.2) is 21.3 Å². The Bertz CT molecular complexity index is 541. The molecule has 1 aromatic rings. The normalized spacial score (nSPS) is 24.7. The minimum absolute atomic E-state index is 0.0436. The number of hydrogen-bond acceptors (Lipinski definition) is 4. The molecule has 1 saturated carbocycles. The van der Waals surface area contributed by atoms with E-state index in [1.165, 1.54) is 6.07 Å². The third-order valence-corrected chi connectivity index (χ3v) is 4.27. The summed E-state index contributed by atoms with van der Waals surface area (Å²) in [5, 5.41) is 0. The van der Waals surface area contributed by atoms with Crippen LogP contribution in [0.2, 0.25) is 0 Å². The molecule has 2 heterocycles. The molecule has 1 aliphatic carbocycles. The molecule has 3 rings (SSSR count). The van der Waals surface area contributed by atoms with Gasteiger partial charge in [0.2, 0.25) is 0 Å². The first-order chi connectivity index (χ1) is 8.78. The zero-order valence-electron chi connectivity index (χ0n) is 11.9. The van der Waals surface area contributed by atoms with Crippen LogP contribution < -0.4 is 11.1 Å². The van der Waals surface area contributed by atoms with Crippen molar-refractivity contribution in [2.45, 2.75) is 57.7 Å². The first-order valence-corrected chi connectivity index (χ1v) is 6.79. The summed E-state index contributed by atoms with van der Waals surface area (Å²) in [4.78, 5) is 11.8. The Balaban J connectivity index is 1.93. The molecule has 0 aromatic carbocycles. The van der Waals surface area contributed by atoms with Crippen molar-refractivity contribution < 1.29 is 13.7 Å². The largest absolute Gasteiger partial charge is 0.532 e. The lowest BCUT2D eigenvalue weighted by Gasteiger charge is -2.32. The summed E-state index contributed by atoms with van der Waals surface area (Å²) in [7, 11) is -0.601. The van der Waals surface area contributed by atoms with Crippen LogP contribution in [-0.2, 0) is 9.31 Å². The lowest BCUT2D eigenvalue weighted by atomic mass is 9.85. The molecular formula is C14H19BO4. The summed E-state index contributed by atoms with van der Waals surface area (Å²) in [6, 6.07) is 3.04. The van der Waals surface area contributed by atoms with Crippen LogP contribution >= 0.6 is 0 Å². The SMILES string of the molecule is CC1(C)OB(c2cc(=O)cc(C3CC3)o2)OC1(C)C. The van der Waals surface area contributed by atoms with Gasteiger partial charge in [-0.3, -0.25) is 4.79 Å². The van der Waals surface area contributed by atoms with Gasteiger partial charge < -0.3 is 13.7 Å². The fourth-order valence-electron chi connectivity index (χ4n) is 2.16. The van der Waals surface area contributed by atoms with Gasteiger partial charge >= 0.3 is 7.12 Å². The van der Waals surface area contributed by atoms with Crippen LogP contribution in [0.25, 0.3) is 0 Å². The second-order valence-electron chi connectivity index (χ2n) is 6.46. The maximum atomic E-state index is 11.8. The highest BCUT2D eigenvalue weighted by molar-refractivity contribution is 6.60. The Hall–Kier alpha value is -1.07. The minimum atomic E-state index is -0.601. The maximum absolute atomic E-state index is 11.8. The predicted molar refractivity (Wildman–Crippen MR) is 72.7 cm³/mol. The average Bonchev–Trinajstić information content (AvgIpc) is 3.06. The van der Waals surface area contributed by atoms with Crippen molar-refractivity contribution >= 4 is 12.8 Å². The van der Waals surface area contributed by atoms with E-state index >= 15 is 0 Å². The molecule has 1 saturated heterocycles. The quantitative estimate of drug-likeness (QED) is 0.763. The van der Waals surface area contributed by atoms with Gasteiger partial charge in [0.15, 0.2) is 5.43 Å². The van der Waals surface area contributed by atoms with Crippen molar-refractivity contribution in [3.05, 3.63) is 28.1 Å². The Morgan fingerprint density at radius 1 is 1.11 bits per heavy atom. The van der Waals surface area contributed by atoms with Gasteiger partial charge in [0.1, 0.15) is 11.4 Å². The van der Waals surface area contributed by atoms with Crippen LogP contribution in [0, 0.1) is 0 Å². The van der Waals surface area contributed by atoms with Crippen molar-refractivity contribution in [1.29, 1.82) is 0 Å². The van der Waals surface area contributed by atoms with Crippen LogP contribution in [0.3, 0.4) is 0 Å². The molecule has 4 nitrogen and oxygen atoms in total. The van der Waals surface area contributed by atoms with Crippen LogP contribution in [0.1, 0.15) is 52.2 Å². The van der Waals surface area contributed by atoms with E-state index in [4.69, 9.17) is 13.7 Å². The van der Waals surface area contributed by atoms with E-state index < -0.39 is 18.3 Å². The lowest BCUT2D eigenvalue weighted by Crippen LogP contribution is -2.41. The summed E-state index contributed by atoms with van der Waals surface area (Å²) in [5.41, 5.74) is -0.414. The van der Waals surface area contributed by atoms with E-state index in [0.29, 0.717) is 11.6 Å².